The number of nitrogens with two attached hydrogens (primary N) is 1. The zero-order valence-electron chi connectivity index (χ0n) is 8.73. The summed E-state index contributed by atoms with van der Waals surface area (Å²) in [6, 6.07) is 16.0. The van der Waals surface area contributed by atoms with Gasteiger partial charge in [-0.3, -0.25) is 0 Å². The fraction of sp³-hybridized carbons (Fsp3) is 0. The Morgan fingerprint density at radius 2 is 1.19 bits per heavy atom. The number of hydrogen-bond acceptors (Lipinski definition) is 1. The lowest BCUT2D eigenvalue weighted by atomic mass is 10.1. The second-order valence-corrected chi connectivity index (χ2v) is 4.47. The van der Waals surface area contributed by atoms with Gasteiger partial charge in [0.15, 0.2) is 0 Å². The van der Waals surface area contributed by atoms with E-state index in [9.17, 15) is 0 Å². The topological polar surface area (TPSA) is 26.0 Å². The van der Waals surface area contributed by atoms with Crippen LogP contribution in [0.1, 0.15) is 11.1 Å². The lowest BCUT2D eigenvalue weighted by molar-refractivity contribution is 1.61. The Hall–Kier alpha value is -1.54. The maximum Gasteiger partial charge on any atom is 0.0314 e. The summed E-state index contributed by atoms with van der Waals surface area (Å²) >= 11 is 3.41. The summed E-state index contributed by atoms with van der Waals surface area (Å²) in [6.07, 6.45) is 4.15. The Bertz CT molecular complexity index is 436. The van der Waals surface area contributed by atoms with Crippen molar-refractivity contribution in [2.75, 3.05) is 5.73 Å². The predicted molar refractivity (Wildman–Crippen MR) is 73.9 cm³/mol. The first-order valence-corrected chi connectivity index (χ1v) is 5.82. The normalized spacial score (nSPS) is 10.8. The minimum Gasteiger partial charge on any atom is -0.399 e. The van der Waals surface area contributed by atoms with E-state index in [1.165, 1.54) is 5.56 Å². The third-order valence-corrected chi connectivity index (χ3v) is 2.80. The van der Waals surface area contributed by atoms with Crippen LogP contribution in [-0.2, 0) is 0 Å². The molecule has 0 aliphatic heterocycles. The van der Waals surface area contributed by atoms with E-state index < -0.39 is 0 Å². The number of benzene rings is 2. The molecule has 0 unspecified atom stereocenters. The SMILES string of the molecule is Nc1ccc(C=Cc2ccc(Br)cc2)cc1. The molecule has 0 atom stereocenters. The van der Waals surface area contributed by atoms with E-state index in [4.69, 9.17) is 5.73 Å². The van der Waals surface area contributed by atoms with E-state index in [0.717, 1.165) is 15.7 Å². The monoisotopic (exact) mass is 273 g/mol. The number of nitrogen functional groups attached to an aromatic ring is 1. The first-order chi connectivity index (χ1) is 7.74. The molecule has 16 heavy (non-hydrogen) atoms. The minimum absolute atomic E-state index is 0.792. The fourth-order valence-electron chi connectivity index (χ4n) is 1.37. The molecule has 0 amide bonds. The quantitative estimate of drug-likeness (QED) is 0.644. The lowest BCUT2D eigenvalue weighted by Gasteiger charge is -1.96. The maximum atomic E-state index is 5.62. The van der Waals surface area contributed by atoms with Crippen LogP contribution in [0.4, 0.5) is 5.69 Å². The van der Waals surface area contributed by atoms with Gasteiger partial charge in [-0.05, 0) is 35.4 Å². The Morgan fingerprint density at radius 1 is 0.750 bits per heavy atom. The smallest absolute Gasteiger partial charge is 0.0314 e. The first kappa shape index (κ1) is 11.0. The van der Waals surface area contributed by atoms with Crippen LogP contribution in [-0.4, -0.2) is 0 Å². The summed E-state index contributed by atoms with van der Waals surface area (Å²) in [5.41, 5.74) is 8.74. The molecule has 0 saturated heterocycles. The van der Waals surface area contributed by atoms with E-state index in [1.807, 2.05) is 36.4 Å². The average Bonchev–Trinajstić information content (AvgIpc) is 2.30. The highest BCUT2D eigenvalue weighted by Gasteiger charge is 1.89. The van der Waals surface area contributed by atoms with Crippen molar-refractivity contribution in [3.8, 4) is 0 Å². The Kier molecular flexibility index (Phi) is 3.42. The molecule has 0 heterocycles. The fourth-order valence-corrected chi connectivity index (χ4v) is 1.64. The van der Waals surface area contributed by atoms with E-state index in [0.29, 0.717) is 0 Å². The van der Waals surface area contributed by atoms with Gasteiger partial charge in [0, 0.05) is 10.2 Å². The summed E-state index contributed by atoms with van der Waals surface area (Å²) in [7, 11) is 0. The van der Waals surface area contributed by atoms with Crippen molar-refractivity contribution in [2.24, 2.45) is 0 Å². The van der Waals surface area contributed by atoms with Crippen LogP contribution in [0.3, 0.4) is 0 Å². The summed E-state index contributed by atoms with van der Waals surface area (Å²) in [5.74, 6) is 0. The molecule has 2 rings (SSSR count). The largest absolute Gasteiger partial charge is 0.399 e. The first-order valence-electron chi connectivity index (χ1n) is 5.03. The van der Waals surface area contributed by atoms with Crippen molar-refractivity contribution in [1.29, 1.82) is 0 Å². The molecule has 0 spiro atoms. The van der Waals surface area contributed by atoms with E-state index in [1.54, 1.807) is 0 Å². The molecule has 2 aromatic carbocycles. The Morgan fingerprint density at radius 3 is 1.69 bits per heavy atom. The Balaban J connectivity index is 2.15. The lowest BCUT2D eigenvalue weighted by Crippen LogP contribution is -1.82. The molecule has 0 radical (unpaired) electrons. The van der Waals surface area contributed by atoms with Gasteiger partial charge in [0.25, 0.3) is 0 Å². The molecule has 0 saturated carbocycles. The van der Waals surface area contributed by atoms with E-state index in [2.05, 4.69) is 40.2 Å². The maximum absolute atomic E-state index is 5.62. The molecule has 0 aromatic heterocycles. The van der Waals surface area contributed by atoms with Gasteiger partial charge in [0.1, 0.15) is 0 Å². The van der Waals surface area contributed by atoms with E-state index >= 15 is 0 Å². The molecule has 0 aliphatic rings. The standard InChI is InChI=1S/C14H12BrN/c15-13-7-3-11(4-8-13)1-2-12-5-9-14(16)10-6-12/h1-10H,16H2. The van der Waals surface area contributed by atoms with Gasteiger partial charge in [-0.25, -0.2) is 0 Å². The van der Waals surface area contributed by atoms with Crippen LogP contribution in [0, 0.1) is 0 Å². The van der Waals surface area contributed by atoms with E-state index in [-0.39, 0.29) is 0 Å². The van der Waals surface area contributed by atoms with Gasteiger partial charge in [-0.1, -0.05) is 52.3 Å². The third-order valence-electron chi connectivity index (χ3n) is 2.27. The number of anilines is 1. The van der Waals surface area contributed by atoms with Crippen LogP contribution in [0.15, 0.2) is 53.0 Å². The highest BCUT2D eigenvalue weighted by atomic mass is 79.9. The van der Waals surface area contributed by atoms with Gasteiger partial charge in [0.05, 0.1) is 0 Å². The summed E-state index contributed by atoms with van der Waals surface area (Å²) in [4.78, 5) is 0. The summed E-state index contributed by atoms with van der Waals surface area (Å²) in [6.45, 7) is 0. The molecular weight excluding hydrogens is 262 g/mol. The van der Waals surface area contributed by atoms with Gasteiger partial charge in [0.2, 0.25) is 0 Å². The Labute approximate surface area is 104 Å². The minimum atomic E-state index is 0.792. The number of hydrogen-bond donors (Lipinski definition) is 1. The van der Waals surface area contributed by atoms with Crippen LogP contribution in [0.5, 0.6) is 0 Å². The van der Waals surface area contributed by atoms with Crippen LogP contribution in [0.2, 0.25) is 0 Å². The zero-order valence-corrected chi connectivity index (χ0v) is 10.3. The summed E-state index contributed by atoms with van der Waals surface area (Å²) < 4.78 is 1.09. The van der Waals surface area contributed by atoms with Gasteiger partial charge >= 0.3 is 0 Å². The number of rotatable bonds is 2. The molecule has 2 heteroatoms. The number of halogens is 1. The van der Waals surface area contributed by atoms with Crippen molar-refractivity contribution < 1.29 is 0 Å². The van der Waals surface area contributed by atoms with Crippen molar-refractivity contribution in [2.45, 2.75) is 0 Å². The zero-order chi connectivity index (χ0) is 11.4. The third kappa shape index (κ3) is 2.97. The molecule has 1 nitrogen and oxygen atoms in total. The predicted octanol–water partition coefficient (Wildman–Crippen LogP) is 4.20. The molecular formula is C14H12BrN. The molecule has 0 aliphatic carbocycles. The molecule has 0 bridgehead atoms. The van der Waals surface area contributed by atoms with Crippen molar-refractivity contribution in [1.82, 2.24) is 0 Å². The molecule has 0 fully saturated rings. The van der Waals surface area contributed by atoms with Crippen LogP contribution in [0.25, 0.3) is 12.2 Å². The van der Waals surface area contributed by atoms with Crippen molar-refractivity contribution in [3.63, 3.8) is 0 Å². The average molecular weight is 274 g/mol. The summed E-state index contributed by atoms with van der Waals surface area (Å²) in [5, 5.41) is 0. The van der Waals surface area contributed by atoms with Gasteiger partial charge in [-0.2, -0.15) is 0 Å². The van der Waals surface area contributed by atoms with Gasteiger partial charge < -0.3 is 5.73 Å². The molecule has 2 N–H and O–H groups in total. The highest BCUT2D eigenvalue weighted by Crippen LogP contribution is 2.13. The van der Waals surface area contributed by atoms with Crippen LogP contribution >= 0.6 is 15.9 Å². The van der Waals surface area contributed by atoms with Crippen LogP contribution < -0.4 is 5.73 Å². The van der Waals surface area contributed by atoms with Crippen molar-refractivity contribution in [3.05, 3.63) is 64.1 Å². The van der Waals surface area contributed by atoms with Gasteiger partial charge in [-0.15, -0.1) is 0 Å². The second-order valence-electron chi connectivity index (χ2n) is 3.55. The highest BCUT2D eigenvalue weighted by molar-refractivity contribution is 9.10. The van der Waals surface area contributed by atoms with Crippen molar-refractivity contribution >= 4 is 33.8 Å². The molecule has 80 valence electrons. The molecule has 2 aromatic rings. The second kappa shape index (κ2) is 4.99.